The number of piperidine rings is 1. The van der Waals surface area contributed by atoms with Gasteiger partial charge in [0.1, 0.15) is 11.5 Å². The van der Waals surface area contributed by atoms with Gasteiger partial charge in [0.2, 0.25) is 5.91 Å². The Morgan fingerprint density at radius 3 is 2.24 bits per heavy atom. The van der Waals surface area contributed by atoms with Crippen LogP contribution < -0.4 is 9.64 Å². The molecule has 1 aliphatic heterocycles. The van der Waals surface area contributed by atoms with Gasteiger partial charge >= 0.3 is 0 Å². The zero-order chi connectivity index (χ0) is 24.1. The highest BCUT2D eigenvalue weighted by molar-refractivity contribution is 6.30. The number of rotatable bonds is 7. The van der Waals surface area contributed by atoms with Crippen molar-refractivity contribution in [2.75, 3.05) is 25.0 Å². The minimum Gasteiger partial charge on any atom is -0.457 e. The second kappa shape index (κ2) is 11.1. The van der Waals surface area contributed by atoms with E-state index in [1.165, 1.54) is 11.1 Å². The van der Waals surface area contributed by atoms with Crippen molar-refractivity contribution in [1.29, 1.82) is 0 Å². The number of carbonyl (C=O) groups is 1. The van der Waals surface area contributed by atoms with Gasteiger partial charge < -0.3 is 9.64 Å². The van der Waals surface area contributed by atoms with E-state index in [2.05, 4.69) is 35.2 Å². The topological polar surface area (TPSA) is 32.8 Å². The van der Waals surface area contributed by atoms with Crippen LogP contribution in [0.2, 0.25) is 5.02 Å². The summed E-state index contributed by atoms with van der Waals surface area (Å²) in [6, 6.07) is 24.2. The highest BCUT2D eigenvalue weighted by atomic mass is 35.5. The Bertz CT molecular complexity index is 1090. The highest BCUT2D eigenvalue weighted by Crippen LogP contribution is 2.31. The number of hydrogen-bond donors (Lipinski definition) is 0. The third-order valence-corrected chi connectivity index (χ3v) is 6.77. The normalized spacial score (nSPS) is 14.9. The molecule has 4 rings (SSSR count). The van der Waals surface area contributed by atoms with Crippen LogP contribution in [-0.2, 0) is 11.3 Å². The first-order chi connectivity index (χ1) is 16.4. The minimum absolute atomic E-state index is 0.00467. The summed E-state index contributed by atoms with van der Waals surface area (Å²) in [5.74, 6) is 2.29. The number of hydrogen-bond acceptors (Lipinski definition) is 3. The Morgan fingerprint density at radius 2 is 1.62 bits per heavy atom. The number of ether oxygens (including phenoxy) is 1. The van der Waals surface area contributed by atoms with Crippen LogP contribution in [0.3, 0.4) is 0 Å². The monoisotopic (exact) mass is 476 g/mol. The zero-order valence-corrected chi connectivity index (χ0v) is 21.0. The van der Waals surface area contributed by atoms with Crippen molar-refractivity contribution in [3.8, 4) is 11.5 Å². The van der Waals surface area contributed by atoms with Gasteiger partial charge in [-0.3, -0.25) is 9.69 Å². The SMILES string of the molecule is CC(C)C(=O)N(C)c1cccc(C2CCN(Cc3ccc(Oc4ccc(Cl)cc4)cc3)CC2)c1. The molecule has 0 aliphatic carbocycles. The van der Waals surface area contributed by atoms with Crippen molar-refractivity contribution in [2.24, 2.45) is 5.92 Å². The van der Waals surface area contributed by atoms with E-state index in [4.69, 9.17) is 16.3 Å². The molecule has 178 valence electrons. The van der Waals surface area contributed by atoms with Crippen LogP contribution in [0.15, 0.2) is 72.8 Å². The molecule has 1 amide bonds. The molecule has 1 fully saturated rings. The molecular weight excluding hydrogens is 444 g/mol. The highest BCUT2D eigenvalue weighted by Gasteiger charge is 2.22. The number of amides is 1. The van der Waals surface area contributed by atoms with Gasteiger partial charge in [0.25, 0.3) is 0 Å². The Morgan fingerprint density at radius 1 is 1.00 bits per heavy atom. The first-order valence-corrected chi connectivity index (χ1v) is 12.4. The molecule has 0 atom stereocenters. The number of benzene rings is 3. The van der Waals surface area contributed by atoms with Crippen LogP contribution in [0.1, 0.15) is 43.7 Å². The van der Waals surface area contributed by atoms with Crippen molar-refractivity contribution >= 4 is 23.2 Å². The number of anilines is 1. The average molecular weight is 477 g/mol. The van der Waals surface area contributed by atoms with E-state index >= 15 is 0 Å². The van der Waals surface area contributed by atoms with Crippen LogP contribution in [-0.4, -0.2) is 30.9 Å². The smallest absolute Gasteiger partial charge is 0.229 e. The summed E-state index contributed by atoms with van der Waals surface area (Å²) in [5.41, 5.74) is 3.61. The fourth-order valence-corrected chi connectivity index (χ4v) is 4.61. The van der Waals surface area contributed by atoms with Gasteiger partial charge in [-0.05, 0) is 91.5 Å². The molecule has 0 aromatic heterocycles. The fourth-order valence-electron chi connectivity index (χ4n) is 4.49. The Hall–Kier alpha value is -2.82. The van der Waals surface area contributed by atoms with E-state index in [9.17, 15) is 4.79 Å². The van der Waals surface area contributed by atoms with Crippen molar-refractivity contribution in [1.82, 2.24) is 4.90 Å². The van der Waals surface area contributed by atoms with Gasteiger partial charge in [-0.2, -0.15) is 0 Å². The van der Waals surface area contributed by atoms with Crippen molar-refractivity contribution < 1.29 is 9.53 Å². The second-order valence-corrected chi connectivity index (χ2v) is 9.83. The molecule has 0 saturated carbocycles. The molecule has 1 heterocycles. The van der Waals surface area contributed by atoms with Crippen LogP contribution in [0.25, 0.3) is 0 Å². The molecule has 3 aromatic rings. The van der Waals surface area contributed by atoms with Gasteiger partial charge in [0.15, 0.2) is 0 Å². The van der Waals surface area contributed by atoms with Crippen molar-refractivity contribution in [3.05, 3.63) is 88.9 Å². The summed E-state index contributed by atoms with van der Waals surface area (Å²) in [5, 5.41) is 0.702. The molecule has 34 heavy (non-hydrogen) atoms. The first kappa shape index (κ1) is 24.3. The maximum absolute atomic E-state index is 12.4. The summed E-state index contributed by atoms with van der Waals surface area (Å²) in [7, 11) is 1.87. The summed E-state index contributed by atoms with van der Waals surface area (Å²) < 4.78 is 5.90. The van der Waals surface area contributed by atoms with E-state index in [1.807, 2.05) is 63.4 Å². The molecule has 5 heteroatoms. The lowest BCUT2D eigenvalue weighted by molar-refractivity contribution is -0.121. The van der Waals surface area contributed by atoms with Crippen LogP contribution >= 0.6 is 11.6 Å². The standard InChI is InChI=1S/C29H33ClN2O2/c1-21(2)29(33)31(3)26-6-4-5-24(19-26)23-15-17-32(18-16-23)20-22-7-11-27(12-8-22)34-28-13-9-25(30)10-14-28/h4-14,19,21,23H,15-18,20H2,1-3H3. The minimum atomic E-state index is -0.00467. The molecule has 0 bridgehead atoms. The predicted octanol–water partition coefficient (Wildman–Crippen LogP) is 7.13. The first-order valence-electron chi connectivity index (χ1n) is 12.0. The van der Waals surface area contributed by atoms with Gasteiger partial charge in [-0.25, -0.2) is 0 Å². The van der Waals surface area contributed by atoms with Gasteiger partial charge in [-0.15, -0.1) is 0 Å². The molecular formula is C29H33ClN2O2. The molecule has 0 N–H and O–H groups in total. The molecule has 1 aliphatic rings. The van der Waals surface area contributed by atoms with Gasteiger partial charge in [0.05, 0.1) is 0 Å². The van der Waals surface area contributed by atoms with Crippen LogP contribution in [0.5, 0.6) is 11.5 Å². The number of halogens is 1. The summed E-state index contributed by atoms with van der Waals surface area (Å²) >= 11 is 5.94. The Kier molecular flexibility index (Phi) is 7.91. The third kappa shape index (κ3) is 6.19. The van der Waals surface area contributed by atoms with Crippen LogP contribution in [0, 0.1) is 5.92 Å². The molecule has 0 unspecified atom stereocenters. The van der Waals surface area contributed by atoms with E-state index in [-0.39, 0.29) is 11.8 Å². The Labute approximate surface area is 208 Å². The summed E-state index contributed by atoms with van der Waals surface area (Å²) in [6.07, 6.45) is 2.26. The predicted molar refractivity (Wildman–Crippen MR) is 140 cm³/mol. The summed E-state index contributed by atoms with van der Waals surface area (Å²) in [4.78, 5) is 16.7. The van der Waals surface area contributed by atoms with Crippen LogP contribution in [0.4, 0.5) is 5.69 Å². The second-order valence-electron chi connectivity index (χ2n) is 9.40. The van der Waals surface area contributed by atoms with E-state index in [0.29, 0.717) is 10.9 Å². The number of likely N-dealkylation sites (tertiary alicyclic amines) is 1. The maximum atomic E-state index is 12.4. The van der Waals surface area contributed by atoms with E-state index in [0.717, 1.165) is 49.7 Å². The van der Waals surface area contributed by atoms with E-state index < -0.39 is 0 Å². The molecule has 0 spiro atoms. The summed E-state index contributed by atoms with van der Waals surface area (Å²) in [6.45, 7) is 6.97. The maximum Gasteiger partial charge on any atom is 0.229 e. The lowest BCUT2D eigenvalue weighted by Crippen LogP contribution is -2.32. The Balaban J connectivity index is 1.30. The zero-order valence-electron chi connectivity index (χ0n) is 20.2. The lowest BCUT2D eigenvalue weighted by atomic mass is 9.89. The number of nitrogens with zero attached hydrogens (tertiary/aromatic N) is 2. The van der Waals surface area contributed by atoms with E-state index in [1.54, 1.807) is 4.90 Å². The van der Waals surface area contributed by atoms with Crippen molar-refractivity contribution in [2.45, 2.75) is 39.2 Å². The quantitative estimate of drug-likeness (QED) is 0.363. The van der Waals surface area contributed by atoms with Gasteiger partial charge in [0, 0.05) is 30.2 Å². The lowest BCUT2D eigenvalue weighted by Gasteiger charge is -2.32. The fraction of sp³-hybridized carbons (Fsp3) is 0.345. The molecule has 4 nitrogen and oxygen atoms in total. The largest absolute Gasteiger partial charge is 0.457 e. The molecule has 0 radical (unpaired) electrons. The average Bonchev–Trinajstić information content (AvgIpc) is 2.86. The van der Waals surface area contributed by atoms with Gasteiger partial charge in [-0.1, -0.05) is 49.7 Å². The third-order valence-electron chi connectivity index (χ3n) is 6.52. The molecule has 1 saturated heterocycles. The van der Waals surface area contributed by atoms with Crippen molar-refractivity contribution in [3.63, 3.8) is 0 Å². The number of carbonyl (C=O) groups excluding carboxylic acids is 1. The molecule has 3 aromatic carbocycles.